The van der Waals surface area contributed by atoms with E-state index >= 15 is 0 Å². The molecule has 0 radical (unpaired) electrons. The third-order valence-electron chi connectivity index (χ3n) is 7.59. The zero-order chi connectivity index (χ0) is 21.7. The number of hydrogen-bond donors (Lipinski definition) is 0. The molecule has 4 rings (SSSR count). The highest BCUT2D eigenvalue weighted by Crippen LogP contribution is 2.37. The summed E-state index contributed by atoms with van der Waals surface area (Å²) in [5, 5.41) is 11.2. The number of fused-ring (bicyclic) bond motifs is 4. The fourth-order valence-corrected chi connectivity index (χ4v) is 5.85. The fraction of sp³-hybridized carbons (Fsp3) is 0.731. The smallest absolute Gasteiger partial charge is 0.0846 e. The summed E-state index contributed by atoms with van der Waals surface area (Å²) in [7, 11) is 0. The van der Waals surface area contributed by atoms with Gasteiger partial charge in [0.2, 0.25) is 0 Å². The molecule has 30 heavy (non-hydrogen) atoms. The van der Waals surface area contributed by atoms with Crippen LogP contribution in [-0.2, 0) is 5.41 Å². The summed E-state index contributed by atoms with van der Waals surface area (Å²) in [6, 6.07) is 11.8. The van der Waals surface area contributed by atoms with Gasteiger partial charge in [0.1, 0.15) is 0 Å². The van der Waals surface area contributed by atoms with Crippen molar-refractivity contribution in [3.8, 4) is 6.07 Å². The van der Waals surface area contributed by atoms with Crippen molar-refractivity contribution in [3.63, 3.8) is 0 Å². The molecule has 0 spiro atoms. The van der Waals surface area contributed by atoms with Crippen LogP contribution < -0.4 is 0 Å². The summed E-state index contributed by atoms with van der Waals surface area (Å²) >= 11 is 6.17. The van der Waals surface area contributed by atoms with E-state index in [9.17, 15) is 5.26 Å². The van der Waals surface area contributed by atoms with Crippen LogP contribution >= 0.6 is 11.6 Å². The van der Waals surface area contributed by atoms with Gasteiger partial charge in [-0.05, 0) is 95.8 Å². The van der Waals surface area contributed by atoms with Crippen LogP contribution in [0.1, 0.15) is 71.8 Å². The highest BCUT2D eigenvalue weighted by Gasteiger charge is 2.36. The predicted octanol–water partition coefficient (Wildman–Crippen LogP) is 6.12. The first-order valence-corrected chi connectivity index (χ1v) is 12.4. The Hall–Kier alpha value is -1.08. The molecule has 2 bridgehead atoms. The van der Waals surface area contributed by atoms with E-state index in [4.69, 9.17) is 11.6 Å². The molecular formula is C26H40ClN3. The van der Waals surface area contributed by atoms with E-state index in [0.29, 0.717) is 12.1 Å². The van der Waals surface area contributed by atoms with Gasteiger partial charge in [0.25, 0.3) is 0 Å². The molecule has 0 N–H and O–H groups in total. The maximum Gasteiger partial charge on any atom is 0.0846 e. The summed E-state index contributed by atoms with van der Waals surface area (Å²) in [6.07, 6.45) is 7.37. The standard InChI is InChI=1S/C26H40ClN3/c1-20(2)30(21(3)4)16-14-26(19-28,24-9-11-25(27)12-10-24)13-15-29-17-22-5-6-23(18-29)8-7-22/h9-12,20-23H,5-8,13-18H2,1-4H3. The zero-order valence-corrected chi connectivity index (χ0v) is 20.2. The Bertz CT molecular complexity index is 678. The first kappa shape index (κ1) is 23.6. The molecule has 1 saturated carbocycles. The van der Waals surface area contributed by atoms with Crippen LogP contribution in [0, 0.1) is 23.2 Å². The Morgan fingerprint density at radius 2 is 1.53 bits per heavy atom. The van der Waals surface area contributed by atoms with Crippen LogP contribution in [0.15, 0.2) is 24.3 Å². The molecule has 2 saturated heterocycles. The molecule has 0 amide bonds. The third-order valence-corrected chi connectivity index (χ3v) is 7.84. The van der Waals surface area contributed by atoms with Gasteiger partial charge in [0, 0.05) is 43.3 Å². The predicted molar refractivity (Wildman–Crippen MR) is 127 cm³/mol. The lowest BCUT2D eigenvalue weighted by molar-refractivity contribution is 0.156. The molecular weight excluding hydrogens is 390 g/mol. The second-order valence-corrected chi connectivity index (χ2v) is 10.7. The fourth-order valence-electron chi connectivity index (χ4n) is 5.72. The molecule has 2 heterocycles. The van der Waals surface area contributed by atoms with Crippen molar-refractivity contribution in [2.45, 2.75) is 83.7 Å². The van der Waals surface area contributed by atoms with E-state index in [0.717, 1.165) is 48.4 Å². The third kappa shape index (κ3) is 5.78. The van der Waals surface area contributed by atoms with Gasteiger partial charge >= 0.3 is 0 Å². The normalized spacial score (nSPS) is 24.2. The molecule has 4 heteroatoms. The van der Waals surface area contributed by atoms with Crippen LogP contribution in [0.25, 0.3) is 0 Å². The molecule has 3 nitrogen and oxygen atoms in total. The molecule has 3 aliphatic rings. The zero-order valence-electron chi connectivity index (χ0n) is 19.4. The van der Waals surface area contributed by atoms with Gasteiger partial charge in [-0.1, -0.05) is 23.7 Å². The van der Waals surface area contributed by atoms with Crippen molar-refractivity contribution >= 4 is 11.6 Å². The van der Waals surface area contributed by atoms with Gasteiger partial charge < -0.3 is 4.90 Å². The molecule has 1 atom stereocenters. The lowest BCUT2D eigenvalue weighted by Gasteiger charge is -2.36. The highest BCUT2D eigenvalue weighted by molar-refractivity contribution is 6.30. The second-order valence-electron chi connectivity index (χ2n) is 10.3. The first-order valence-electron chi connectivity index (χ1n) is 12.0. The minimum absolute atomic E-state index is 0.460. The number of hydrogen-bond acceptors (Lipinski definition) is 3. The van der Waals surface area contributed by atoms with Crippen LogP contribution in [-0.4, -0.2) is 48.1 Å². The summed E-state index contributed by atoms with van der Waals surface area (Å²) < 4.78 is 0. The number of nitrogens with zero attached hydrogens (tertiary/aromatic N) is 3. The Kier molecular flexibility index (Phi) is 8.24. The molecule has 1 aromatic carbocycles. The van der Waals surface area contributed by atoms with Crippen molar-refractivity contribution < 1.29 is 0 Å². The highest BCUT2D eigenvalue weighted by atomic mass is 35.5. The van der Waals surface area contributed by atoms with E-state index in [2.05, 4.69) is 55.7 Å². The van der Waals surface area contributed by atoms with Gasteiger partial charge in [-0.3, -0.25) is 4.90 Å². The second kappa shape index (κ2) is 10.5. The van der Waals surface area contributed by atoms with Crippen molar-refractivity contribution in [1.82, 2.24) is 9.80 Å². The Morgan fingerprint density at radius 3 is 2.00 bits per heavy atom. The monoisotopic (exact) mass is 429 g/mol. The van der Waals surface area contributed by atoms with Gasteiger partial charge in [0.15, 0.2) is 0 Å². The molecule has 1 aromatic rings. The summed E-state index contributed by atoms with van der Waals surface area (Å²) in [5.74, 6) is 1.74. The van der Waals surface area contributed by atoms with Crippen LogP contribution in [0.5, 0.6) is 0 Å². The number of benzene rings is 1. The minimum Gasteiger partial charge on any atom is -0.303 e. The average Bonchev–Trinajstić information content (AvgIpc) is 3.04. The van der Waals surface area contributed by atoms with E-state index in [1.54, 1.807) is 0 Å². The van der Waals surface area contributed by atoms with E-state index in [1.165, 1.54) is 38.8 Å². The number of rotatable bonds is 9. The number of halogens is 1. The summed E-state index contributed by atoms with van der Waals surface area (Å²) in [5.41, 5.74) is 0.664. The average molecular weight is 430 g/mol. The summed E-state index contributed by atoms with van der Waals surface area (Å²) in [4.78, 5) is 5.17. The van der Waals surface area contributed by atoms with Crippen LogP contribution in [0.3, 0.4) is 0 Å². The largest absolute Gasteiger partial charge is 0.303 e. The van der Waals surface area contributed by atoms with Crippen molar-refractivity contribution in [2.75, 3.05) is 26.2 Å². The molecule has 2 aliphatic heterocycles. The lowest BCUT2D eigenvalue weighted by Crippen LogP contribution is -2.42. The molecule has 1 aliphatic carbocycles. The molecule has 166 valence electrons. The first-order chi connectivity index (χ1) is 14.3. The maximum atomic E-state index is 10.5. The van der Waals surface area contributed by atoms with Gasteiger partial charge in [0.05, 0.1) is 11.5 Å². The van der Waals surface area contributed by atoms with Gasteiger partial charge in [-0.25, -0.2) is 0 Å². The maximum absolute atomic E-state index is 10.5. The Labute approximate surface area is 189 Å². The van der Waals surface area contributed by atoms with Crippen molar-refractivity contribution in [2.24, 2.45) is 11.8 Å². The van der Waals surface area contributed by atoms with E-state index in [1.807, 2.05) is 12.1 Å². The quantitative estimate of drug-likeness (QED) is 0.473. The molecule has 1 unspecified atom stereocenters. The topological polar surface area (TPSA) is 30.3 Å². The van der Waals surface area contributed by atoms with Crippen molar-refractivity contribution in [1.29, 1.82) is 5.26 Å². The minimum atomic E-state index is -0.460. The van der Waals surface area contributed by atoms with Gasteiger partial charge in [-0.15, -0.1) is 0 Å². The number of nitriles is 1. The van der Waals surface area contributed by atoms with Crippen LogP contribution in [0.2, 0.25) is 5.02 Å². The SMILES string of the molecule is CC(C)N(CCC(C#N)(CCN1CC2CCC(CC2)C1)c1ccc(Cl)cc1)C(C)C. The van der Waals surface area contributed by atoms with Crippen LogP contribution in [0.4, 0.5) is 0 Å². The van der Waals surface area contributed by atoms with E-state index < -0.39 is 5.41 Å². The van der Waals surface area contributed by atoms with E-state index in [-0.39, 0.29) is 0 Å². The van der Waals surface area contributed by atoms with Gasteiger partial charge in [-0.2, -0.15) is 5.26 Å². The van der Waals surface area contributed by atoms with Crippen molar-refractivity contribution in [3.05, 3.63) is 34.9 Å². The Morgan fingerprint density at radius 1 is 1.00 bits per heavy atom. The molecule has 0 aromatic heterocycles. The summed E-state index contributed by atoms with van der Waals surface area (Å²) in [6.45, 7) is 13.4. The lowest BCUT2D eigenvalue weighted by atomic mass is 9.75. The Balaban J connectivity index is 1.77. The molecule has 3 fully saturated rings.